The molecular formula is C25H27FN8O3. The van der Waals surface area contributed by atoms with E-state index in [9.17, 15) is 14.3 Å². The predicted octanol–water partition coefficient (Wildman–Crippen LogP) is 4.12. The number of aromatic nitrogens is 6. The van der Waals surface area contributed by atoms with Gasteiger partial charge >= 0.3 is 0 Å². The molecule has 3 N–H and O–H groups in total. The van der Waals surface area contributed by atoms with Gasteiger partial charge in [0.15, 0.2) is 23.2 Å². The normalized spacial score (nSPS) is 12.9. The maximum Gasteiger partial charge on any atom is 0.220 e. The fourth-order valence-corrected chi connectivity index (χ4v) is 3.55. The van der Waals surface area contributed by atoms with E-state index in [0.717, 1.165) is 0 Å². The number of ether oxygens (including phenoxy) is 1. The summed E-state index contributed by atoms with van der Waals surface area (Å²) in [5.74, 6) is -0.438. The van der Waals surface area contributed by atoms with Gasteiger partial charge in [0.05, 0.1) is 29.5 Å². The highest BCUT2D eigenvalue weighted by molar-refractivity contribution is 6.02. The van der Waals surface area contributed by atoms with Crippen LogP contribution in [0, 0.1) is 5.95 Å². The van der Waals surface area contributed by atoms with Crippen molar-refractivity contribution in [2.45, 2.75) is 32.7 Å². The SMILES string of the molecule is [2H]C([2H])([2H])CC(=O)c1cnc(Nc2ccc(C(C)(C)O)c(F)n2)cc1Nc1nccc(-c2ncn(C)n2)c1OC. The number of anilines is 4. The van der Waals surface area contributed by atoms with E-state index < -0.39 is 30.6 Å². The lowest BCUT2D eigenvalue weighted by Gasteiger charge is -2.18. The Hall–Kier alpha value is -4.45. The molecule has 12 heteroatoms. The molecule has 0 unspecified atom stereocenters. The maximum absolute atomic E-state index is 14.5. The van der Waals surface area contributed by atoms with Crippen LogP contribution in [0.1, 0.15) is 47.2 Å². The van der Waals surface area contributed by atoms with Gasteiger partial charge in [-0.1, -0.05) is 6.85 Å². The number of nitrogens with zero attached hydrogens (tertiary/aromatic N) is 6. The number of pyridine rings is 3. The standard InChI is InChI=1S/C25H27FN8O3/c1-6-18(35)15-12-28-20(31-19-8-7-16(22(26)32-19)25(2,3)36)11-17(15)30-24-21(37-5)14(9-10-27-24)23-29-13-34(4)33-23/h7-13,36H,6H2,1-5H3,(H2,27,28,30,31,32)/i1D3. The molecule has 0 aliphatic rings. The summed E-state index contributed by atoms with van der Waals surface area (Å²) in [5, 5.41) is 20.3. The first kappa shape index (κ1) is 21.8. The molecule has 4 rings (SSSR count). The highest BCUT2D eigenvalue weighted by Crippen LogP contribution is 2.36. The Labute approximate surface area is 217 Å². The summed E-state index contributed by atoms with van der Waals surface area (Å²) in [6.45, 7) is 0.376. The second-order valence-electron chi connectivity index (χ2n) is 8.54. The van der Waals surface area contributed by atoms with Crippen molar-refractivity contribution in [1.29, 1.82) is 0 Å². The number of ketones is 1. The van der Waals surface area contributed by atoms with Crippen LogP contribution >= 0.6 is 0 Å². The van der Waals surface area contributed by atoms with Gasteiger partial charge in [0.2, 0.25) is 5.95 Å². The molecule has 0 radical (unpaired) electrons. The molecule has 0 aliphatic heterocycles. The zero-order chi connectivity index (χ0) is 29.2. The van der Waals surface area contributed by atoms with Gasteiger partial charge in [-0.05, 0) is 32.0 Å². The number of aliphatic hydroxyl groups is 1. The maximum atomic E-state index is 14.5. The van der Waals surface area contributed by atoms with E-state index in [1.807, 2.05) is 0 Å². The van der Waals surface area contributed by atoms with Gasteiger partial charge in [0, 0.05) is 41.6 Å². The lowest BCUT2D eigenvalue weighted by molar-refractivity contribution is 0.0737. The van der Waals surface area contributed by atoms with Crippen LogP contribution in [0.25, 0.3) is 11.4 Å². The topological polar surface area (TPSA) is 140 Å². The number of methoxy groups -OCH3 is 1. The van der Waals surface area contributed by atoms with Crippen LogP contribution in [0.15, 0.2) is 43.0 Å². The first-order valence-electron chi connectivity index (χ1n) is 12.6. The van der Waals surface area contributed by atoms with Crippen molar-refractivity contribution < 1.29 is 23.1 Å². The van der Waals surface area contributed by atoms with Crippen LogP contribution in [0.3, 0.4) is 0 Å². The van der Waals surface area contributed by atoms with Crippen molar-refractivity contribution >= 4 is 28.9 Å². The minimum atomic E-state index is -2.50. The average molecular weight is 510 g/mol. The van der Waals surface area contributed by atoms with Crippen molar-refractivity contribution in [3.05, 3.63) is 60.1 Å². The van der Waals surface area contributed by atoms with Crippen molar-refractivity contribution in [3.63, 3.8) is 0 Å². The lowest BCUT2D eigenvalue weighted by atomic mass is 10.0. The van der Waals surface area contributed by atoms with Crippen molar-refractivity contribution in [2.24, 2.45) is 7.05 Å². The number of halogens is 1. The van der Waals surface area contributed by atoms with Gasteiger partial charge in [0.25, 0.3) is 0 Å². The lowest BCUT2D eigenvalue weighted by Crippen LogP contribution is -2.18. The zero-order valence-corrected chi connectivity index (χ0v) is 20.6. The van der Waals surface area contributed by atoms with Crippen LogP contribution in [-0.4, -0.2) is 47.7 Å². The van der Waals surface area contributed by atoms with Crippen LogP contribution < -0.4 is 15.4 Å². The van der Waals surface area contributed by atoms with Gasteiger partial charge in [-0.25, -0.2) is 19.9 Å². The molecule has 0 aromatic carbocycles. The van der Waals surface area contributed by atoms with Crippen molar-refractivity contribution in [1.82, 2.24) is 29.7 Å². The number of Topliss-reactive ketones (excluding diaryl/α,β-unsaturated/α-hetero) is 1. The molecule has 4 heterocycles. The Bertz CT molecular complexity index is 1550. The summed E-state index contributed by atoms with van der Waals surface area (Å²) in [6.07, 6.45) is 3.51. The summed E-state index contributed by atoms with van der Waals surface area (Å²) >= 11 is 0. The summed E-state index contributed by atoms with van der Waals surface area (Å²) < 4.78 is 44.2. The van der Waals surface area contributed by atoms with Gasteiger partial charge in [-0.15, -0.1) is 0 Å². The Kier molecular flexibility index (Phi) is 6.05. The fourth-order valence-electron chi connectivity index (χ4n) is 3.55. The second-order valence-corrected chi connectivity index (χ2v) is 8.54. The first-order chi connectivity index (χ1) is 18.7. The molecular weight excluding hydrogens is 479 g/mol. The molecule has 192 valence electrons. The minimum absolute atomic E-state index is 0.0107. The second kappa shape index (κ2) is 10.3. The van der Waals surface area contributed by atoms with Crippen LogP contribution in [0.5, 0.6) is 5.75 Å². The molecule has 4 aromatic rings. The number of rotatable bonds is 9. The molecule has 0 amide bonds. The molecule has 0 spiro atoms. The van der Waals surface area contributed by atoms with E-state index in [1.165, 1.54) is 62.6 Å². The van der Waals surface area contributed by atoms with Crippen LogP contribution in [0.2, 0.25) is 0 Å². The largest absolute Gasteiger partial charge is 0.492 e. The fraction of sp³-hybridized carbons (Fsp3) is 0.280. The third-order valence-corrected chi connectivity index (χ3v) is 5.33. The molecule has 0 atom stereocenters. The summed E-state index contributed by atoms with van der Waals surface area (Å²) in [5.41, 5.74) is -0.740. The minimum Gasteiger partial charge on any atom is -0.492 e. The van der Waals surface area contributed by atoms with E-state index in [2.05, 4.69) is 35.7 Å². The number of hydrogen-bond acceptors (Lipinski definition) is 10. The van der Waals surface area contributed by atoms with Crippen LogP contribution in [0.4, 0.5) is 27.5 Å². The molecule has 0 fully saturated rings. The Morgan fingerprint density at radius 3 is 2.68 bits per heavy atom. The zero-order valence-electron chi connectivity index (χ0n) is 23.6. The Morgan fingerprint density at radius 2 is 2.03 bits per heavy atom. The highest BCUT2D eigenvalue weighted by Gasteiger charge is 2.22. The Morgan fingerprint density at radius 1 is 1.22 bits per heavy atom. The van der Waals surface area contributed by atoms with E-state index in [4.69, 9.17) is 8.85 Å². The molecule has 37 heavy (non-hydrogen) atoms. The van der Waals surface area contributed by atoms with Gasteiger partial charge in [-0.3, -0.25) is 9.48 Å². The van der Waals surface area contributed by atoms with Crippen LogP contribution in [-0.2, 0) is 12.6 Å². The van der Waals surface area contributed by atoms with E-state index in [-0.39, 0.29) is 40.0 Å². The van der Waals surface area contributed by atoms with E-state index >= 15 is 0 Å². The summed E-state index contributed by atoms with van der Waals surface area (Å²) in [6, 6.07) is 5.96. The first-order valence-corrected chi connectivity index (χ1v) is 11.1. The van der Waals surface area contributed by atoms with Gasteiger partial charge in [0.1, 0.15) is 18.0 Å². The summed E-state index contributed by atoms with van der Waals surface area (Å²) in [4.78, 5) is 29.5. The molecule has 0 aliphatic carbocycles. The Balaban J connectivity index is 1.74. The van der Waals surface area contributed by atoms with Gasteiger partial charge < -0.3 is 20.5 Å². The number of hydrogen-bond donors (Lipinski definition) is 3. The molecule has 11 nitrogen and oxygen atoms in total. The monoisotopic (exact) mass is 509 g/mol. The highest BCUT2D eigenvalue weighted by atomic mass is 19.1. The predicted molar refractivity (Wildman–Crippen MR) is 136 cm³/mol. The molecule has 0 saturated carbocycles. The van der Waals surface area contributed by atoms with E-state index in [0.29, 0.717) is 11.4 Å². The summed E-state index contributed by atoms with van der Waals surface area (Å²) in [7, 11) is 3.16. The number of nitrogens with one attached hydrogen (secondary N) is 2. The number of carbonyl (C=O) groups is 1. The third kappa shape index (κ3) is 5.54. The molecule has 0 bridgehead atoms. The molecule has 4 aromatic heterocycles. The molecule has 0 saturated heterocycles. The van der Waals surface area contributed by atoms with Crippen molar-refractivity contribution in [2.75, 3.05) is 17.7 Å². The average Bonchev–Trinajstić information content (AvgIpc) is 3.28. The number of carbonyl (C=O) groups excluding carboxylic acids is 1. The third-order valence-electron chi connectivity index (χ3n) is 5.33. The van der Waals surface area contributed by atoms with Gasteiger partial charge in [-0.2, -0.15) is 9.49 Å². The smallest absolute Gasteiger partial charge is 0.220 e. The quantitative estimate of drug-likeness (QED) is 0.223. The van der Waals surface area contributed by atoms with Crippen molar-refractivity contribution in [3.8, 4) is 17.1 Å². The van der Waals surface area contributed by atoms with E-state index in [1.54, 1.807) is 13.1 Å². The number of aryl methyl sites for hydroxylation is 1.